The number of nitrogens with zero attached hydrogens (tertiary/aromatic N) is 2. The van der Waals surface area contributed by atoms with Crippen LogP contribution in [-0.4, -0.2) is 47.9 Å². The van der Waals surface area contributed by atoms with E-state index in [0.717, 1.165) is 19.6 Å². The van der Waals surface area contributed by atoms with Gasteiger partial charge in [-0.25, -0.2) is 0 Å². The van der Waals surface area contributed by atoms with Crippen molar-refractivity contribution in [3.05, 3.63) is 6.92 Å². The molecule has 0 saturated carbocycles. The van der Waals surface area contributed by atoms with E-state index in [4.69, 9.17) is 0 Å². The van der Waals surface area contributed by atoms with E-state index < -0.39 is 0 Å². The molecule has 2 aliphatic heterocycles. The van der Waals surface area contributed by atoms with Gasteiger partial charge in [-0.3, -0.25) is 9.69 Å². The summed E-state index contributed by atoms with van der Waals surface area (Å²) >= 11 is 0. The molecule has 2 saturated heterocycles. The van der Waals surface area contributed by atoms with Gasteiger partial charge in [0.2, 0.25) is 5.91 Å². The summed E-state index contributed by atoms with van der Waals surface area (Å²) in [5.41, 5.74) is 0. The van der Waals surface area contributed by atoms with E-state index in [9.17, 15) is 4.79 Å². The molecular formula is C9H15N2O. The molecule has 1 unspecified atom stereocenters. The van der Waals surface area contributed by atoms with Crippen molar-refractivity contribution in [1.29, 1.82) is 0 Å². The molecule has 0 bridgehead atoms. The van der Waals surface area contributed by atoms with Crippen LogP contribution in [0.3, 0.4) is 0 Å². The number of carbonyl (C=O) groups excluding carboxylic acids is 1. The molecule has 0 aromatic heterocycles. The predicted octanol–water partition coefficient (Wildman–Crippen LogP) is 0.127. The van der Waals surface area contributed by atoms with Crippen LogP contribution in [0.25, 0.3) is 0 Å². The van der Waals surface area contributed by atoms with Crippen molar-refractivity contribution in [2.45, 2.75) is 18.9 Å². The highest BCUT2D eigenvalue weighted by molar-refractivity contribution is 5.80. The Hall–Kier alpha value is -0.570. The van der Waals surface area contributed by atoms with E-state index >= 15 is 0 Å². The second-order valence-corrected chi connectivity index (χ2v) is 3.67. The number of amides is 1. The third-order valence-electron chi connectivity index (χ3n) is 2.94. The van der Waals surface area contributed by atoms with Crippen LogP contribution in [0.5, 0.6) is 0 Å². The molecule has 0 N–H and O–H groups in total. The predicted molar refractivity (Wildman–Crippen MR) is 46.5 cm³/mol. The molecule has 3 heteroatoms. The molecular weight excluding hydrogens is 152 g/mol. The van der Waals surface area contributed by atoms with Crippen LogP contribution < -0.4 is 0 Å². The molecule has 3 nitrogen and oxygen atoms in total. The van der Waals surface area contributed by atoms with Crippen LogP contribution in [-0.2, 0) is 4.79 Å². The number of carbonyl (C=O) groups is 1. The van der Waals surface area contributed by atoms with E-state index in [1.807, 2.05) is 4.90 Å². The second-order valence-electron chi connectivity index (χ2n) is 3.67. The number of hydrogen-bond donors (Lipinski definition) is 0. The minimum Gasteiger partial charge on any atom is -0.340 e. The van der Waals surface area contributed by atoms with E-state index in [1.54, 1.807) is 0 Å². The number of fused-ring (bicyclic) bond motifs is 1. The van der Waals surface area contributed by atoms with Crippen molar-refractivity contribution in [2.24, 2.45) is 0 Å². The number of hydrogen-bond acceptors (Lipinski definition) is 2. The van der Waals surface area contributed by atoms with Crippen molar-refractivity contribution in [2.75, 3.05) is 26.2 Å². The van der Waals surface area contributed by atoms with E-state index in [2.05, 4.69) is 11.8 Å². The molecule has 2 rings (SSSR count). The Labute approximate surface area is 73.3 Å². The van der Waals surface area contributed by atoms with Gasteiger partial charge in [-0.1, -0.05) is 0 Å². The zero-order valence-electron chi connectivity index (χ0n) is 7.33. The third-order valence-corrected chi connectivity index (χ3v) is 2.94. The van der Waals surface area contributed by atoms with Gasteiger partial charge in [0.25, 0.3) is 0 Å². The molecule has 0 aromatic carbocycles. The summed E-state index contributed by atoms with van der Waals surface area (Å²) in [5.74, 6) is -0.0125. The molecule has 0 aliphatic carbocycles. The zero-order valence-corrected chi connectivity index (χ0v) is 7.33. The summed E-state index contributed by atoms with van der Waals surface area (Å²) in [7, 11) is 0. The Balaban J connectivity index is 1.96. The Morgan fingerprint density at radius 2 is 2.17 bits per heavy atom. The fourth-order valence-electron chi connectivity index (χ4n) is 2.22. The lowest BCUT2D eigenvalue weighted by Crippen LogP contribution is -2.51. The average molecular weight is 167 g/mol. The molecule has 2 aliphatic rings. The lowest BCUT2D eigenvalue weighted by Gasteiger charge is -2.36. The maximum absolute atomic E-state index is 11.0. The Morgan fingerprint density at radius 1 is 1.33 bits per heavy atom. The van der Waals surface area contributed by atoms with E-state index in [1.165, 1.54) is 19.4 Å². The minimum atomic E-state index is -0.0125. The maximum atomic E-state index is 11.0. The van der Waals surface area contributed by atoms with Crippen molar-refractivity contribution in [3.8, 4) is 0 Å². The first-order valence-corrected chi connectivity index (χ1v) is 4.62. The molecule has 0 aromatic rings. The quantitative estimate of drug-likeness (QED) is 0.512. The summed E-state index contributed by atoms with van der Waals surface area (Å²) < 4.78 is 0. The summed E-state index contributed by atoms with van der Waals surface area (Å²) in [6.07, 6.45) is 2.55. The SMILES string of the molecule is [CH2]C(=O)N1CCN2CCCC2C1. The monoisotopic (exact) mass is 167 g/mol. The van der Waals surface area contributed by atoms with E-state index in [-0.39, 0.29) is 5.91 Å². The van der Waals surface area contributed by atoms with Gasteiger partial charge in [0.15, 0.2) is 0 Å². The van der Waals surface area contributed by atoms with Crippen molar-refractivity contribution in [3.63, 3.8) is 0 Å². The summed E-state index contributed by atoms with van der Waals surface area (Å²) in [6.45, 7) is 7.50. The minimum absolute atomic E-state index is 0.0125. The highest BCUT2D eigenvalue weighted by Crippen LogP contribution is 2.21. The molecule has 12 heavy (non-hydrogen) atoms. The van der Waals surface area contributed by atoms with Crippen molar-refractivity contribution >= 4 is 5.91 Å². The van der Waals surface area contributed by atoms with Gasteiger partial charge in [0.05, 0.1) is 0 Å². The van der Waals surface area contributed by atoms with E-state index in [0.29, 0.717) is 6.04 Å². The highest BCUT2D eigenvalue weighted by Gasteiger charge is 2.31. The average Bonchev–Trinajstić information content (AvgIpc) is 2.49. The molecule has 1 amide bonds. The molecule has 0 spiro atoms. The topological polar surface area (TPSA) is 23.6 Å². The standard InChI is InChI=1S/C9H15N2O/c1-8(12)11-6-5-10-4-2-3-9(10)7-11/h9H,1-7H2. The van der Waals surface area contributed by atoms with Gasteiger partial charge >= 0.3 is 0 Å². The molecule has 1 atom stereocenters. The molecule has 1 radical (unpaired) electrons. The first kappa shape index (κ1) is 8.05. The summed E-state index contributed by atoms with van der Waals surface area (Å²) in [6, 6.07) is 0.629. The third kappa shape index (κ3) is 1.33. The Kier molecular flexibility index (Phi) is 2.05. The first-order valence-electron chi connectivity index (χ1n) is 4.62. The van der Waals surface area contributed by atoms with Crippen LogP contribution in [0.15, 0.2) is 0 Å². The fraction of sp³-hybridized carbons (Fsp3) is 0.778. The largest absolute Gasteiger partial charge is 0.340 e. The van der Waals surface area contributed by atoms with Crippen molar-refractivity contribution < 1.29 is 4.79 Å². The van der Waals surface area contributed by atoms with Gasteiger partial charge in [-0.2, -0.15) is 0 Å². The van der Waals surface area contributed by atoms with Gasteiger partial charge in [0, 0.05) is 32.6 Å². The smallest absolute Gasteiger partial charge is 0.223 e. The molecule has 2 heterocycles. The Bertz CT molecular complexity index is 193. The van der Waals surface area contributed by atoms with Gasteiger partial charge < -0.3 is 4.90 Å². The second kappa shape index (κ2) is 3.05. The summed E-state index contributed by atoms with van der Waals surface area (Å²) in [5, 5.41) is 0. The Morgan fingerprint density at radius 3 is 2.92 bits per heavy atom. The van der Waals surface area contributed by atoms with Crippen molar-refractivity contribution in [1.82, 2.24) is 9.80 Å². The van der Waals surface area contributed by atoms with Crippen LogP contribution in [0.4, 0.5) is 0 Å². The highest BCUT2D eigenvalue weighted by atomic mass is 16.2. The first-order chi connectivity index (χ1) is 5.77. The van der Waals surface area contributed by atoms with Crippen LogP contribution in [0, 0.1) is 6.92 Å². The zero-order chi connectivity index (χ0) is 8.55. The summed E-state index contributed by atoms with van der Waals surface area (Å²) in [4.78, 5) is 15.3. The number of rotatable bonds is 0. The normalized spacial score (nSPS) is 30.4. The lowest BCUT2D eigenvalue weighted by atomic mass is 10.1. The van der Waals surface area contributed by atoms with Crippen LogP contribution in [0.2, 0.25) is 0 Å². The van der Waals surface area contributed by atoms with Gasteiger partial charge in [-0.15, -0.1) is 0 Å². The molecule has 67 valence electrons. The number of piperazine rings is 1. The van der Waals surface area contributed by atoms with Gasteiger partial charge in [-0.05, 0) is 19.4 Å². The van der Waals surface area contributed by atoms with Crippen LogP contribution in [0.1, 0.15) is 12.8 Å². The lowest BCUT2D eigenvalue weighted by molar-refractivity contribution is -0.128. The fourth-order valence-corrected chi connectivity index (χ4v) is 2.22. The maximum Gasteiger partial charge on any atom is 0.223 e. The van der Waals surface area contributed by atoms with Gasteiger partial charge in [0.1, 0.15) is 0 Å². The molecule has 2 fully saturated rings. The van der Waals surface area contributed by atoms with Crippen LogP contribution >= 0.6 is 0 Å².